The van der Waals surface area contributed by atoms with Gasteiger partial charge in [-0.15, -0.1) is 0 Å². The lowest BCUT2D eigenvalue weighted by Gasteiger charge is -2.20. The second-order valence-electron chi connectivity index (χ2n) is 4.43. The zero-order valence-corrected chi connectivity index (χ0v) is 12.0. The van der Waals surface area contributed by atoms with E-state index in [2.05, 4.69) is 42.4 Å². The molecule has 0 aliphatic rings. The molecule has 0 aliphatic heterocycles. The van der Waals surface area contributed by atoms with Crippen molar-refractivity contribution in [2.75, 3.05) is 19.8 Å². The van der Waals surface area contributed by atoms with Crippen LogP contribution in [0.1, 0.15) is 50.2 Å². The molecule has 102 valence electrons. The SMILES string of the molecule is CCCOCC(NCC)c1cc(C)nnc1CC. The molecule has 1 heterocycles. The number of aryl methyl sites for hydroxylation is 2. The zero-order chi connectivity index (χ0) is 13.4. The van der Waals surface area contributed by atoms with Crippen LogP contribution in [-0.4, -0.2) is 30.0 Å². The van der Waals surface area contributed by atoms with Crippen molar-refractivity contribution in [3.05, 3.63) is 23.0 Å². The fourth-order valence-corrected chi connectivity index (χ4v) is 1.96. The molecule has 4 heteroatoms. The van der Waals surface area contributed by atoms with Crippen LogP contribution in [0.15, 0.2) is 6.07 Å². The maximum Gasteiger partial charge on any atom is 0.0677 e. The van der Waals surface area contributed by atoms with Gasteiger partial charge in [0.15, 0.2) is 0 Å². The molecule has 4 nitrogen and oxygen atoms in total. The third kappa shape index (κ3) is 4.35. The lowest BCUT2D eigenvalue weighted by Crippen LogP contribution is -2.27. The maximum absolute atomic E-state index is 5.68. The van der Waals surface area contributed by atoms with E-state index in [4.69, 9.17) is 4.74 Å². The summed E-state index contributed by atoms with van der Waals surface area (Å²) < 4.78 is 5.68. The summed E-state index contributed by atoms with van der Waals surface area (Å²) in [5, 5.41) is 11.9. The minimum Gasteiger partial charge on any atom is -0.379 e. The highest BCUT2D eigenvalue weighted by molar-refractivity contribution is 5.25. The maximum atomic E-state index is 5.68. The first-order chi connectivity index (χ1) is 8.72. The largest absolute Gasteiger partial charge is 0.379 e. The van der Waals surface area contributed by atoms with Crippen LogP contribution < -0.4 is 5.32 Å². The molecule has 0 saturated carbocycles. The van der Waals surface area contributed by atoms with Crippen LogP contribution in [0.25, 0.3) is 0 Å². The highest BCUT2D eigenvalue weighted by Crippen LogP contribution is 2.18. The molecule has 1 N–H and O–H groups in total. The van der Waals surface area contributed by atoms with Crippen LogP contribution in [0, 0.1) is 6.92 Å². The van der Waals surface area contributed by atoms with Crippen molar-refractivity contribution in [2.24, 2.45) is 0 Å². The van der Waals surface area contributed by atoms with E-state index in [1.165, 1.54) is 5.56 Å². The van der Waals surface area contributed by atoms with Crippen molar-refractivity contribution in [3.8, 4) is 0 Å². The Morgan fingerprint density at radius 1 is 1.28 bits per heavy atom. The van der Waals surface area contributed by atoms with Gasteiger partial charge < -0.3 is 10.1 Å². The molecule has 0 amide bonds. The summed E-state index contributed by atoms with van der Waals surface area (Å²) in [7, 11) is 0. The van der Waals surface area contributed by atoms with Gasteiger partial charge in [0.25, 0.3) is 0 Å². The normalized spacial score (nSPS) is 12.7. The average Bonchev–Trinajstić information content (AvgIpc) is 2.38. The van der Waals surface area contributed by atoms with Crippen LogP contribution in [0.4, 0.5) is 0 Å². The Kier molecular flexibility index (Phi) is 6.83. The van der Waals surface area contributed by atoms with Crippen LogP contribution in [0.3, 0.4) is 0 Å². The molecule has 1 unspecified atom stereocenters. The monoisotopic (exact) mass is 251 g/mol. The van der Waals surface area contributed by atoms with E-state index in [-0.39, 0.29) is 6.04 Å². The quantitative estimate of drug-likeness (QED) is 0.721. The number of hydrogen-bond acceptors (Lipinski definition) is 4. The Morgan fingerprint density at radius 3 is 2.67 bits per heavy atom. The van der Waals surface area contributed by atoms with E-state index in [0.29, 0.717) is 6.61 Å². The molecule has 0 bridgehead atoms. The summed E-state index contributed by atoms with van der Waals surface area (Å²) >= 11 is 0. The molecule has 1 atom stereocenters. The Hall–Kier alpha value is -1.00. The predicted octanol–water partition coefficient (Wildman–Crippen LogP) is 2.42. The molecule has 0 aliphatic carbocycles. The van der Waals surface area contributed by atoms with Crippen LogP contribution in [0.2, 0.25) is 0 Å². The predicted molar refractivity (Wildman–Crippen MR) is 73.7 cm³/mol. The minimum absolute atomic E-state index is 0.214. The highest BCUT2D eigenvalue weighted by Gasteiger charge is 2.15. The van der Waals surface area contributed by atoms with Gasteiger partial charge in [-0.3, -0.25) is 0 Å². The molecule has 0 fully saturated rings. The first kappa shape index (κ1) is 15.1. The second kappa shape index (κ2) is 8.16. The molecule has 0 radical (unpaired) electrons. The van der Waals surface area contributed by atoms with Crippen molar-refractivity contribution >= 4 is 0 Å². The third-order valence-electron chi connectivity index (χ3n) is 2.82. The molecule has 0 aromatic carbocycles. The number of nitrogens with one attached hydrogen (secondary N) is 1. The van der Waals surface area contributed by atoms with Gasteiger partial charge in [-0.2, -0.15) is 10.2 Å². The lowest BCUT2D eigenvalue weighted by molar-refractivity contribution is 0.112. The van der Waals surface area contributed by atoms with Crippen molar-refractivity contribution in [1.29, 1.82) is 0 Å². The van der Waals surface area contributed by atoms with E-state index in [9.17, 15) is 0 Å². The Balaban J connectivity index is 2.85. The minimum atomic E-state index is 0.214. The fraction of sp³-hybridized carbons (Fsp3) is 0.714. The standard InChI is InChI=1S/C14H25N3O/c1-5-8-18-10-14(15-7-3)12-9-11(4)16-17-13(12)6-2/h9,14-15H,5-8,10H2,1-4H3. The van der Waals surface area contributed by atoms with E-state index < -0.39 is 0 Å². The Bertz CT molecular complexity index is 355. The van der Waals surface area contributed by atoms with Gasteiger partial charge in [0.1, 0.15) is 0 Å². The van der Waals surface area contributed by atoms with Crippen molar-refractivity contribution < 1.29 is 4.74 Å². The lowest BCUT2D eigenvalue weighted by atomic mass is 10.0. The van der Waals surface area contributed by atoms with Gasteiger partial charge in [0.2, 0.25) is 0 Å². The zero-order valence-electron chi connectivity index (χ0n) is 12.0. The molecular formula is C14H25N3O. The summed E-state index contributed by atoms with van der Waals surface area (Å²) in [5.74, 6) is 0. The van der Waals surface area contributed by atoms with Gasteiger partial charge >= 0.3 is 0 Å². The van der Waals surface area contributed by atoms with E-state index >= 15 is 0 Å². The average molecular weight is 251 g/mol. The van der Waals surface area contributed by atoms with Crippen LogP contribution in [-0.2, 0) is 11.2 Å². The van der Waals surface area contributed by atoms with Crippen molar-refractivity contribution in [1.82, 2.24) is 15.5 Å². The highest BCUT2D eigenvalue weighted by atomic mass is 16.5. The molecule has 18 heavy (non-hydrogen) atoms. The van der Waals surface area contributed by atoms with Crippen molar-refractivity contribution in [3.63, 3.8) is 0 Å². The van der Waals surface area contributed by atoms with Gasteiger partial charge in [0, 0.05) is 6.61 Å². The summed E-state index contributed by atoms with van der Waals surface area (Å²) in [6.45, 7) is 10.7. The summed E-state index contributed by atoms with van der Waals surface area (Å²) in [4.78, 5) is 0. The molecule has 1 aromatic heterocycles. The molecule has 0 saturated heterocycles. The first-order valence-electron chi connectivity index (χ1n) is 6.87. The fourth-order valence-electron chi connectivity index (χ4n) is 1.96. The van der Waals surface area contributed by atoms with Gasteiger partial charge in [-0.05, 0) is 37.9 Å². The number of ether oxygens (including phenoxy) is 1. The Morgan fingerprint density at radius 2 is 2.06 bits per heavy atom. The Labute approximate surface area is 110 Å². The van der Waals surface area contributed by atoms with Crippen LogP contribution in [0.5, 0.6) is 0 Å². The summed E-state index contributed by atoms with van der Waals surface area (Å²) in [5.41, 5.74) is 3.25. The topological polar surface area (TPSA) is 47.0 Å². The summed E-state index contributed by atoms with van der Waals surface area (Å²) in [6, 6.07) is 2.33. The van der Waals surface area contributed by atoms with Gasteiger partial charge in [-0.1, -0.05) is 20.8 Å². The van der Waals surface area contributed by atoms with E-state index in [0.717, 1.165) is 37.4 Å². The number of rotatable bonds is 8. The summed E-state index contributed by atoms with van der Waals surface area (Å²) in [6.07, 6.45) is 1.95. The van der Waals surface area contributed by atoms with Gasteiger partial charge in [-0.25, -0.2) is 0 Å². The molecule has 0 spiro atoms. The van der Waals surface area contributed by atoms with Crippen molar-refractivity contribution in [2.45, 2.75) is 46.6 Å². The number of likely N-dealkylation sites (N-methyl/N-ethyl adjacent to an activating group) is 1. The second-order valence-corrected chi connectivity index (χ2v) is 4.43. The molecular weight excluding hydrogens is 226 g/mol. The molecule has 1 rings (SSSR count). The third-order valence-corrected chi connectivity index (χ3v) is 2.82. The smallest absolute Gasteiger partial charge is 0.0677 e. The van der Waals surface area contributed by atoms with E-state index in [1.807, 2.05) is 6.92 Å². The molecule has 1 aromatic rings. The number of hydrogen-bond donors (Lipinski definition) is 1. The first-order valence-corrected chi connectivity index (χ1v) is 6.87. The number of aromatic nitrogens is 2. The van der Waals surface area contributed by atoms with Crippen LogP contribution >= 0.6 is 0 Å². The van der Waals surface area contributed by atoms with Gasteiger partial charge in [0.05, 0.1) is 24.0 Å². The van der Waals surface area contributed by atoms with E-state index in [1.54, 1.807) is 0 Å². The number of nitrogens with zero attached hydrogens (tertiary/aromatic N) is 2.